The number of benzene rings is 1. The van der Waals surface area contributed by atoms with Crippen molar-refractivity contribution in [3.8, 4) is 5.75 Å². The molecule has 9 atom stereocenters. The Morgan fingerprint density at radius 2 is 1.91 bits per heavy atom. The fourth-order valence-corrected chi connectivity index (χ4v) is 9.12. The van der Waals surface area contributed by atoms with E-state index in [0.717, 1.165) is 30.5 Å². The van der Waals surface area contributed by atoms with E-state index in [9.17, 15) is 19.8 Å². The number of carbonyl (C=O) groups is 2. The van der Waals surface area contributed by atoms with E-state index in [1.54, 1.807) is 31.2 Å². The Morgan fingerprint density at radius 3 is 2.47 bits per heavy atom. The summed E-state index contributed by atoms with van der Waals surface area (Å²) < 4.78 is 6.05. The highest BCUT2D eigenvalue weighted by Gasteiger charge is 2.57. The number of allylic oxidation sites excluding steroid dienone is 3. The smallest absolute Gasteiger partial charge is 0.244 e. The summed E-state index contributed by atoms with van der Waals surface area (Å²) in [6.07, 6.45) is 6.51. The third kappa shape index (κ3) is 10.1. The maximum Gasteiger partial charge on any atom is 0.244 e. The number of aliphatic hydroxyl groups excluding tert-OH is 2. The number of methoxy groups -OCH3 is 1. The van der Waals surface area contributed by atoms with Gasteiger partial charge in [-0.15, -0.1) is 0 Å². The molecule has 0 spiro atoms. The van der Waals surface area contributed by atoms with E-state index in [4.69, 9.17) is 9.57 Å². The lowest BCUT2D eigenvalue weighted by atomic mass is 9.45. The van der Waals surface area contributed by atoms with Crippen LogP contribution in [0.4, 0.5) is 0 Å². The van der Waals surface area contributed by atoms with Gasteiger partial charge in [0.15, 0.2) is 0 Å². The van der Waals surface area contributed by atoms with E-state index in [1.807, 2.05) is 45.3 Å². The minimum Gasteiger partial charge on any atom is -0.496 e. The van der Waals surface area contributed by atoms with Crippen molar-refractivity contribution >= 4 is 17.4 Å². The molecule has 2 bridgehead atoms. The number of amides is 2. The molecule has 1 aromatic rings. The second kappa shape index (κ2) is 18.4. The topological polar surface area (TPSA) is 136 Å². The highest BCUT2D eigenvalue weighted by molar-refractivity contribution is 5.92. The largest absolute Gasteiger partial charge is 0.496 e. The van der Waals surface area contributed by atoms with Gasteiger partial charge in [-0.1, -0.05) is 59.4 Å². The average Bonchev–Trinajstić information content (AvgIpc) is 3.45. The molecule has 3 saturated carbocycles. The van der Waals surface area contributed by atoms with Crippen LogP contribution in [0.5, 0.6) is 5.75 Å². The number of carbonyl (C=O) groups excluding carboxylic acids is 2. The van der Waals surface area contributed by atoms with Crippen LogP contribution in [0.2, 0.25) is 0 Å². The molecular formula is C42H67N5O6. The molecule has 5 N–H and O–H groups in total. The molecular weight excluding hydrogens is 670 g/mol. The zero-order chi connectivity index (χ0) is 39.2. The lowest BCUT2D eigenvalue weighted by Crippen LogP contribution is -2.62. The Labute approximate surface area is 318 Å². The summed E-state index contributed by atoms with van der Waals surface area (Å²) in [4.78, 5) is 35.8. The standard InChI is InChI=1S/C42H67N5O6/c1-12-43-26(4)19-29(16-17-37(50)44-32(18-25(2)3)23-46(9)10)33-15-13-14-30(40(33)52-11)22-47-39(38(28(6)49)36(24-48)53-47)41(51)45-35-21-31-20-34(27(35)5)42(31,7)8/h13-17,19,25,27-28,31-32,34-36,38-39,43,48-49H,4,12,18,20-24H2,1-3,5-11H3,(H,44,50)(H,45,51)/b17-16+,29-19+/t27-,28-,31+,32-,34-,35-,36-,38+,39-/m0/s1. The van der Waals surface area contributed by atoms with Crippen molar-refractivity contribution in [2.45, 2.75) is 105 Å². The molecule has 296 valence electrons. The number of hydrogen-bond donors (Lipinski definition) is 5. The molecule has 11 nitrogen and oxygen atoms in total. The molecule has 1 saturated heterocycles. The number of likely N-dealkylation sites (N-methyl/N-ethyl adjacent to an activating group) is 2. The molecule has 53 heavy (non-hydrogen) atoms. The monoisotopic (exact) mass is 738 g/mol. The lowest BCUT2D eigenvalue weighted by molar-refractivity contribution is -0.183. The van der Waals surface area contributed by atoms with Crippen molar-refractivity contribution in [3.05, 3.63) is 59.8 Å². The van der Waals surface area contributed by atoms with Gasteiger partial charge < -0.3 is 35.8 Å². The number of ether oxygens (including phenoxy) is 1. The van der Waals surface area contributed by atoms with Gasteiger partial charge >= 0.3 is 0 Å². The molecule has 5 rings (SSSR count). The van der Waals surface area contributed by atoms with Crippen LogP contribution in [0, 0.1) is 35.0 Å². The number of hydrogen-bond acceptors (Lipinski definition) is 9. The molecule has 1 heterocycles. The minimum atomic E-state index is -0.905. The van der Waals surface area contributed by atoms with E-state index < -0.39 is 24.2 Å². The predicted molar refractivity (Wildman–Crippen MR) is 210 cm³/mol. The summed E-state index contributed by atoms with van der Waals surface area (Å²) in [6.45, 7) is 20.2. The number of aliphatic hydroxyl groups is 2. The van der Waals surface area contributed by atoms with Crippen molar-refractivity contribution < 1.29 is 29.4 Å². The summed E-state index contributed by atoms with van der Waals surface area (Å²) in [5, 5.41) is 32.6. The molecule has 1 aromatic carbocycles. The predicted octanol–water partition coefficient (Wildman–Crippen LogP) is 4.51. The Morgan fingerprint density at radius 1 is 1.19 bits per heavy atom. The van der Waals surface area contributed by atoms with E-state index in [2.05, 4.69) is 62.0 Å². The first-order chi connectivity index (χ1) is 25.0. The molecule has 1 aliphatic heterocycles. The van der Waals surface area contributed by atoms with Gasteiger partial charge in [-0.3, -0.25) is 14.4 Å². The van der Waals surface area contributed by atoms with Gasteiger partial charge in [0.2, 0.25) is 11.8 Å². The van der Waals surface area contributed by atoms with Crippen LogP contribution >= 0.6 is 0 Å². The first-order valence-corrected chi connectivity index (χ1v) is 19.5. The molecule has 4 fully saturated rings. The quantitative estimate of drug-likeness (QED) is 0.109. The summed E-state index contributed by atoms with van der Waals surface area (Å²) in [6, 6.07) is 4.93. The number of rotatable bonds is 18. The number of hydroxylamine groups is 2. The summed E-state index contributed by atoms with van der Waals surface area (Å²) in [5.74, 6) is 1.38. The molecule has 0 unspecified atom stereocenters. The summed E-state index contributed by atoms with van der Waals surface area (Å²) in [5.41, 5.74) is 3.12. The van der Waals surface area contributed by atoms with Gasteiger partial charge in [0.05, 0.1) is 26.4 Å². The second-order valence-corrected chi connectivity index (χ2v) is 16.8. The third-order valence-electron chi connectivity index (χ3n) is 11.8. The highest BCUT2D eigenvalue weighted by Crippen LogP contribution is 2.61. The van der Waals surface area contributed by atoms with Crippen molar-refractivity contribution in [2.24, 2.45) is 35.0 Å². The van der Waals surface area contributed by atoms with Gasteiger partial charge in [0.1, 0.15) is 17.9 Å². The summed E-state index contributed by atoms with van der Waals surface area (Å²) in [7, 11) is 5.59. The Kier molecular flexibility index (Phi) is 14.8. The molecule has 0 aromatic heterocycles. The van der Waals surface area contributed by atoms with Gasteiger partial charge in [0, 0.05) is 54.0 Å². The maximum absolute atomic E-state index is 14.2. The molecule has 3 aliphatic carbocycles. The zero-order valence-corrected chi connectivity index (χ0v) is 33.8. The van der Waals surface area contributed by atoms with Crippen LogP contribution in [0.15, 0.2) is 48.7 Å². The Bertz CT molecular complexity index is 1480. The van der Waals surface area contributed by atoms with E-state index in [0.29, 0.717) is 47.2 Å². The maximum atomic E-state index is 14.2. The summed E-state index contributed by atoms with van der Waals surface area (Å²) >= 11 is 0. The van der Waals surface area contributed by atoms with Crippen molar-refractivity contribution in [3.63, 3.8) is 0 Å². The normalized spacial score (nSPS) is 28.1. The second-order valence-electron chi connectivity index (χ2n) is 16.8. The van der Waals surface area contributed by atoms with Gasteiger partial charge in [-0.2, -0.15) is 5.06 Å². The van der Waals surface area contributed by atoms with Crippen molar-refractivity contribution in [1.29, 1.82) is 0 Å². The van der Waals surface area contributed by atoms with Crippen LogP contribution in [-0.4, -0.2) is 103 Å². The molecule has 4 aliphatic rings. The fourth-order valence-electron chi connectivity index (χ4n) is 9.12. The SMILES string of the molecule is C=C(/C=C(\C=C\C(=O)N[C@@H](CC(C)C)CN(C)C)c1cccc(CN2O[C@@H](CO)[C@@H]([C@H](C)O)[C@H]2C(=O)N[C@H]2C[C@H]3C[C@@H]([C@@H]2C)C3(C)C)c1OC)NCC. The van der Waals surface area contributed by atoms with E-state index in [1.165, 1.54) is 6.42 Å². The number of para-hydroxylation sites is 1. The third-order valence-corrected chi connectivity index (χ3v) is 11.8. The van der Waals surface area contributed by atoms with Crippen LogP contribution in [0.25, 0.3) is 5.57 Å². The van der Waals surface area contributed by atoms with E-state index >= 15 is 0 Å². The number of nitrogens with one attached hydrogen (secondary N) is 3. The van der Waals surface area contributed by atoms with Gasteiger partial charge in [-0.25, -0.2) is 0 Å². The Balaban J connectivity index is 1.64. The first kappa shape index (κ1) is 42.5. The minimum absolute atomic E-state index is 0.00171. The van der Waals surface area contributed by atoms with Crippen LogP contribution in [0.1, 0.15) is 78.9 Å². The first-order valence-electron chi connectivity index (χ1n) is 19.5. The van der Waals surface area contributed by atoms with Crippen LogP contribution in [-0.2, 0) is 21.0 Å². The number of fused-ring (bicyclic) bond motifs is 2. The van der Waals surface area contributed by atoms with Gasteiger partial charge in [0.25, 0.3) is 0 Å². The average molecular weight is 738 g/mol. The Hall–Kier alpha value is -3.22. The fraction of sp³-hybridized carbons (Fsp3) is 0.667. The van der Waals surface area contributed by atoms with Crippen LogP contribution < -0.4 is 20.7 Å². The molecule has 11 heteroatoms. The van der Waals surface area contributed by atoms with Gasteiger partial charge in [-0.05, 0) is 94.0 Å². The zero-order valence-electron chi connectivity index (χ0n) is 33.8. The van der Waals surface area contributed by atoms with Crippen molar-refractivity contribution in [1.82, 2.24) is 25.9 Å². The van der Waals surface area contributed by atoms with Crippen LogP contribution in [0.3, 0.4) is 0 Å². The van der Waals surface area contributed by atoms with E-state index in [-0.39, 0.29) is 42.5 Å². The van der Waals surface area contributed by atoms with Crippen molar-refractivity contribution in [2.75, 3.05) is 40.9 Å². The highest BCUT2D eigenvalue weighted by atomic mass is 16.7. The molecule has 0 radical (unpaired) electrons. The number of nitrogens with zero attached hydrogens (tertiary/aromatic N) is 2. The molecule has 2 amide bonds. The lowest BCUT2D eigenvalue weighted by Gasteiger charge is -2.62.